The van der Waals surface area contributed by atoms with Crippen molar-refractivity contribution in [2.45, 2.75) is 51.3 Å². The number of rotatable bonds is 7. The van der Waals surface area contributed by atoms with Crippen LogP contribution < -0.4 is 4.74 Å². The third kappa shape index (κ3) is 7.06. The topological polar surface area (TPSA) is 57.4 Å². The number of amides is 1. The summed E-state index contributed by atoms with van der Waals surface area (Å²) in [5, 5.41) is 9.84. The molecule has 0 aromatic heterocycles. The zero-order chi connectivity index (χ0) is 26.6. The van der Waals surface area contributed by atoms with Gasteiger partial charge in [-0.3, -0.25) is 4.79 Å². The lowest BCUT2D eigenvalue weighted by atomic mass is 9.96. The Morgan fingerprint density at radius 2 is 1.92 bits per heavy atom. The molecule has 2 fully saturated rings. The van der Waals surface area contributed by atoms with Gasteiger partial charge in [0.2, 0.25) is 5.69 Å². The molecule has 0 radical (unpaired) electrons. The number of β-amino-alcohol motifs (C(OH)–C–C–N with tert-alkyl or cyclic N) is 1. The smallest absolute Gasteiger partial charge is 0.254 e. The third-order valence-corrected chi connectivity index (χ3v) is 7.07. The van der Waals surface area contributed by atoms with Crippen LogP contribution in [0.15, 0.2) is 36.4 Å². The Labute approximate surface area is 217 Å². The number of halogens is 2. The van der Waals surface area contributed by atoms with Crippen LogP contribution in [0.1, 0.15) is 49.9 Å². The molecule has 198 valence electrons. The van der Waals surface area contributed by atoms with E-state index < -0.39 is 17.6 Å². The molecule has 2 aliphatic rings. The lowest BCUT2D eigenvalue weighted by Crippen LogP contribution is -2.42. The molecule has 0 spiro atoms. The Morgan fingerprint density at radius 3 is 2.57 bits per heavy atom. The number of hydrogen-bond acceptors (Lipinski definition) is 4. The zero-order valence-electron chi connectivity index (χ0n) is 21.6. The molecule has 2 saturated heterocycles. The maximum Gasteiger partial charge on any atom is 0.254 e. The van der Waals surface area contributed by atoms with E-state index in [1.54, 1.807) is 49.1 Å². The van der Waals surface area contributed by atoms with Crippen molar-refractivity contribution in [1.82, 2.24) is 9.80 Å². The average molecular weight is 512 g/mol. The highest BCUT2D eigenvalue weighted by molar-refractivity contribution is 5.95. The van der Waals surface area contributed by atoms with Gasteiger partial charge in [-0.1, -0.05) is 12.1 Å². The largest absolute Gasteiger partial charge is 0.504 e. The van der Waals surface area contributed by atoms with E-state index in [0.29, 0.717) is 54.6 Å². The molecular weight excluding hydrogens is 476 g/mol. The number of hydrogen-bond donors (Lipinski definition) is 1. The summed E-state index contributed by atoms with van der Waals surface area (Å²) in [6.45, 7) is 14.1. The number of aliphatic hydroxyl groups is 1. The highest BCUT2D eigenvalue weighted by Crippen LogP contribution is 2.35. The second-order valence-electron chi connectivity index (χ2n) is 10.8. The van der Waals surface area contributed by atoms with Crippen LogP contribution in [0.4, 0.5) is 14.5 Å². The molecule has 2 aromatic carbocycles. The number of likely N-dealkylation sites (tertiary alicyclic amines) is 2. The van der Waals surface area contributed by atoms with Gasteiger partial charge in [0.1, 0.15) is 17.2 Å². The summed E-state index contributed by atoms with van der Waals surface area (Å²) in [5.74, 6) is -0.0482. The predicted molar refractivity (Wildman–Crippen MR) is 139 cm³/mol. The number of carbonyl (C=O) groups is 1. The minimum Gasteiger partial charge on any atom is -0.504 e. The Kier molecular flexibility index (Phi) is 8.46. The molecule has 8 heteroatoms. The first-order valence-corrected chi connectivity index (χ1v) is 13.0. The summed E-state index contributed by atoms with van der Waals surface area (Å²) >= 11 is 0. The van der Waals surface area contributed by atoms with E-state index in [9.17, 15) is 14.3 Å². The molecule has 2 aromatic rings. The molecule has 0 saturated carbocycles. The van der Waals surface area contributed by atoms with Crippen LogP contribution in [-0.4, -0.2) is 71.9 Å². The van der Waals surface area contributed by atoms with Gasteiger partial charge in [-0.2, -0.15) is 0 Å². The molecule has 2 heterocycles. The van der Waals surface area contributed by atoms with E-state index in [1.165, 1.54) is 6.07 Å². The molecule has 0 aliphatic carbocycles. The maximum absolute atomic E-state index is 15.0. The van der Waals surface area contributed by atoms with Crippen LogP contribution in [0.3, 0.4) is 0 Å². The van der Waals surface area contributed by atoms with Gasteiger partial charge >= 0.3 is 0 Å². The van der Waals surface area contributed by atoms with Crippen LogP contribution in [0.25, 0.3) is 16.0 Å². The lowest BCUT2D eigenvalue weighted by molar-refractivity contribution is 0.0473. The summed E-state index contributed by atoms with van der Waals surface area (Å²) in [5.41, 5.74) is 0.167. The van der Waals surface area contributed by atoms with Crippen molar-refractivity contribution in [2.24, 2.45) is 5.92 Å². The van der Waals surface area contributed by atoms with Gasteiger partial charge in [-0.15, -0.1) is 0 Å². The van der Waals surface area contributed by atoms with Gasteiger partial charge in [-0.05, 0) is 88.4 Å². The first kappa shape index (κ1) is 27.0. The van der Waals surface area contributed by atoms with Gasteiger partial charge in [0.15, 0.2) is 0 Å². The van der Waals surface area contributed by atoms with E-state index in [2.05, 4.69) is 9.74 Å². The summed E-state index contributed by atoms with van der Waals surface area (Å²) in [6, 6.07) is 9.37. The van der Waals surface area contributed by atoms with Crippen molar-refractivity contribution in [2.75, 3.05) is 39.3 Å². The number of alkyl halides is 1. The Morgan fingerprint density at radius 1 is 1.16 bits per heavy atom. The van der Waals surface area contributed by atoms with E-state index >= 15 is 4.39 Å². The molecule has 1 amide bonds. The molecule has 0 bridgehead atoms. The highest BCUT2D eigenvalue weighted by Gasteiger charge is 2.26. The third-order valence-electron chi connectivity index (χ3n) is 7.07. The minimum atomic E-state index is -1.21. The number of carbonyl (C=O) groups excluding carboxylic acids is 1. The monoisotopic (exact) mass is 511 g/mol. The van der Waals surface area contributed by atoms with Crippen LogP contribution in [0.5, 0.6) is 5.75 Å². The SMILES string of the molecule is [C-]#[N+]c1cc(-c2ccc(C(=O)N3CCC[C@@H](O)C3)cc2F)ccc1OCC1CCN(CC(C)(C)F)CC1. The standard InChI is InChI=1S/C29H35F2N3O3/c1-29(2,31)19-33-13-10-20(11-14-33)18-37-27-9-7-21(16-26(27)32-3)24-8-6-22(15-25(24)30)28(36)34-12-4-5-23(35)17-34/h6-9,15-16,20,23,35H,4-5,10-14,17-19H2,1-2H3/t23-/m1/s1. The van der Waals surface area contributed by atoms with E-state index in [4.69, 9.17) is 11.3 Å². The molecule has 4 rings (SSSR count). The maximum atomic E-state index is 15.0. The summed E-state index contributed by atoms with van der Waals surface area (Å²) < 4.78 is 34.9. The van der Waals surface area contributed by atoms with Crippen LogP contribution >= 0.6 is 0 Å². The highest BCUT2D eigenvalue weighted by atomic mass is 19.1. The number of nitrogens with zero attached hydrogens (tertiary/aromatic N) is 3. The quantitative estimate of drug-likeness (QED) is 0.501. The van der Waals surface area contributed by atoms with Gasteiger partial charge < -0.3 is 19.6 Å². The second-order valence-corrected chi connectivity index (χ2v) is 10.8. The number of ether oxygens (including phenoxy) is 1. The van der Waals surface area contributed by atoms with Crippen LogP contribution in [0.2, 0.25) is 0 Å². The van der Waals surface area contributed by atoms with Gasteiger partial charge in [0.25, 0.3) is 5.91 Å². The molecule has 1 N–H and O–H groups in total. The Balaban J connectivity index is 1.39. The fourth-order valence-electron chi connectivity index (χ4n) is 5.15. The van der Waals surface area contributed by atoms with Crippen molar-refractivity contribution >= 4 is 11.6 Å². The van der Waals surface area contributed by atoms with Crippen molar-refractivity contribution in [3.8, 4) is 16.9 Å². The average Bonchev–Trinajstić information content (AvgIpc) is 2.87. The molecular formula is C29H35F2N3O3. The molecule has 6 nitrogen and oxygen atoms in total. The van der Waals surface area contributed by atoms with Crippen molar-refractivity contribution in [1.29, 1.82) is 0 Å². The molecule has 0 unspecified atom stereocenters. The Bertz CT molecular complexity index is 1150. The van der Waals surface area contributed by atoms with Crippen LogP contribution in [-0.2, 0) is 0 Å². The van der Waals surface area contributed by atoms with Crippen molar-refractivity contribution in [3.63, 3.8) is 0 Å². The fraction of sp³-hybridized carbons (Fsp3) is 0.517. The lowest BCUT2D eigenvalue weighted by Gasteiger charge is -2.34. The summed E-state index contributed by atoms with van der Waals surface area (Å²) in [6.07, 6.45) is 2.66. The van der Waals surface area contributed by atoms with Crippen molar-refractivity contribution in [3.05, 3.63) is 59.2 Å². The normalized spacial score (nSPS) is 19.5. The number of piperidine rings is 2. The van der Waals surface area contributed by atoms with Gasteiger partial charge in [0.05, 0.1) is 19.3 Å². The molecule has 2 aliphatic heterocycles. The summed E-state index contributed by atoms with van der Waals surface area (Å²) in [7, 11) is 0. The molecule has 1 atom stereocenters. The predicted octanol–water partition coefficient (Wildman–Crippen LogP) is 5.48. The van der Waals surface area contributed by atoms with E-state index in [0.717, 1.165) is 32.4 Å². The minimum absolute atomic E-state index is 0.238. The fourth-order valence-corrected chi connectivity index (χ4v) is 5.15. The van der Waals surface area contributed by atoms with Crippen molar-refractivity contribution < 1.29 is 23.4 Å². The van der Waals surface area contributed by atoms with Crippen LogP contribution in [0, 0.1) is 18.3 Å². The first-order chi connectivity index (χ1) is 17.6. The summed E-state index contributed by atoms with van der Waals surface area (Å²) in [4.78, 5) is 20.0. The molecule has 37 heavy (non-hydrogen) atoms. The van der Waals surface area contributed by atoms with E-state index in [-0.39, 0.29) is 18.0 Å². The van der Waals surface area contributed by atoms with Gasteiger partial charge in [-0.25, -0.2) is 13.6 Å². The number of benzene rings is 2. The van der Waals surface area contributed by atoms with Gasteiger partial charge in [0, 0.05) is 30.8 Å². The Hall–Kier alpha value is -3.02. The second kappa shape index (κ2) is 11.6. The van der Waals surface area contributed by atoms with E-state index in [1.807, 2.05) is 0 Å². The first-order valence-electron chi connectivity index (χ1n) is 13.0. The zero-order valence-corrected chi connectivity index (χ0v) is 21.6. The number of aliphatic hydroxyl groups excluding tert-OH is 1.